The number of hydrogen-bond donors (Lipinski definition) is 0. The van der Waals surface area contributed by atoms with E-state index in [-0.39, 0.29) is 16.8 Å². The van der Waals surface area contributed by atoms with Gasteiger partial charge in [0.2, 0.25) is 0 Å². The van der Waals surface area contributed by atoms with Gasteiger partial charge in [-0.15, -0.1) is 0 Å². The van der Waals surface area contributed by atoms with Gasteiger partial charge in [-0.3, -0.25) is 10.1 Å². The number of nitro groups is 1. The third-order valence-corrected chi connectivity index (χ3v) is 2.67. The zero-order chi connectivity index (χ0) is 15.8. The molecule has 0 N–H and O–H groups in total. The average molecular weight is 289 g/mol. The van der Waals surface area contributed by atoms with Crippen molar-refractivity contribution in [2.24, 2.45) is 0 Å². The van der Waals surface area contributed by atoms with E-state index in [2.05, 4.69) is 11.7 Å². The Balaban J connectivity index is 2.67. The molecule has 0 spiro atoms. The molecule has 0 amide bonds. The molecule has 2 rings (SSSR count). The Labute approximate surface area is 121 Å². The first kappa shape index (κ1) is 14.7. The van der Waals surface area contributed by atoms with Crippen LogP contribution in [-0.2, 0) is 4.74 Å². The van der Waals surface area contributed by atoms with Gasteiger partial charge in [0, 0.05) is 6.07 Å². The molecule has 110 valence electrons. The first-order valence-corrected chi connectivity index (χ1v) is 6.26. The number of non-ortho nitro benzene ring substituents is 1. The third-order valence-electron chi connectivity index (χ3n) is 2.67. The minimum Gasteiger partial charge on any atom is -0.442 e. The summed E-state index contributed by atoms with van der Waals surface area (Å²) in [7, 11) is 0. The lowest BCUT2D eigenvalue weighted by Crippen LogP contribution is -2.27. The molecule has 0 fully saturated rings. The molecule has 7 nitrogen and oxygen atoms in total. The van der Waals surface area contributed by atoms with Crippen molar-refractivity contribution in [1.29, 1.82) is 0 Å². The van der Waals surface area contributed by atoms with Crippen molar-refractivity contribution < 1.29 is 14.5 Å². The summed E-state index contributed by atoms with van der Waals surface area (Å²) in [5.74, 6) is 0. The third kappa shape index (κ3) is 2.76. The van der Waals surface area contributed by atoms with E-state index in [1.807, 2.05) is 0 Å². The number of carbonyl (C=O) groups excluding carboxylic acids is 1. The van der Waals surface area contributed by atoms with Gasteiger partial charge in [-0.1, -0.05) is 12.6 Å². The van der Waals surface area contributed by atoms with Gasteiger partial charge in [-0.2, -0.15) is 9.78 Å². The Morgan fingerprint density at radius 3 is 2.67 bits per heavy atom. The number of ether oxygens (including phenoxy) is 1. The molecule has 0 radical (unpaired) electrons. The quantitative estimate of drug-likeness (QED) is 0.624. The van der Waals surface area contributed by atoms with Crippen LogP contribution in [-0.4, -0.2) is 26.4 Å². The Bertz CT molecular complexity index is 740. The van der Waals surface area contributed by atoms with Crippen LogP contribution in [0.5, 0.6) is 0 Å². The van der Waals surface area contributed by atoms with Crippen molar-refractivity contribution in [3.63, 3.8) is 0 Å². The van der Waals surface area contributed by atoms with E-state index in [1.54, 1.807) is 26.8 Å². The number of rotatable bonds is 2. The Morgan fingerprint density at radius 2 is 2.14 bits per heavy atom. The topological polar surface area (TPSA) is 87.3 Å². The lowest BCUT2D eigenvalue weighted by atomic mass is 10.1. The van der Waals surface area contributed by atoms with E-state index >= 15 is 0 Å². The number of nitrogens with zero attached hydrogens (tertiary/aromatic N) is 3. The zero-order valence-electron chi connectivity index (χ0n) is 12.0. The zero-order valence-corrected chi connectivity index (χ0v) is 12.0. The summed E-state index contributed by atoms with van der Waals surface area (Å²) in [6.07, 6.45) is 0.678. The number of carbonyl (C=O) groups is 1. The molecule has 0 bridgehead atoms. The molecular formula is C14H15N3O4. The van der Waals surface area contributed by atoms with Gasteiger partial charge in [0.1, 0.15) is 11.0 Å². The fourth-order valence-electron chi connectivity index (χ4n) is 1.92. The van der Waals surface area contributed by atoms with Gasteiger partial charge < -0.3 is 4.74 Å². The van der Waals surface area contributed by atoms with E-state index in [9.17, 15) is 14.9 Å². The molecule has 0 saturated carbocycles. The molecule has 0 aliphatic rings. The average Bonchev–Trinajstić information content (AvgIpc) is 2.75. The Hall–Kier alpha value is -2.70. The summed E-state index contributed by atoms with van der Waals surface area (Å²) < 4.78 is 6.27. The van der Waals surface area contributed by atoms with Gasteiger partial charge in [0.05, 0.1) is 16.1 Å². The van der Waals surface area contributed by atoms with Crippen LogP contribution in [0.15, 0.2) is 24.8 Å². The summed E-state index contributed by atoms with van der Waals surface area (Å²) in [5, 5.41) is 15.4. The molecule has 0 unspecified atom stereocenters. The summed E-state index contributed by atoms with van der Waals surface area (Å²) in [6.45, 7) is 8.77. The van der Waals surface area contributed by atoms with Crippen LogP contribution in [0.25, 0.3) is 17.0 Å². The fourth-order valence-corrected chi connectivity index (χ4v) is 1.92. The second kappa shape index (κ2) is 5.01. The molecule has 21 heavy (non-hydrogen) atoms. The van der Waals surface area contributed by atoms with Gasteiger partial charge in [-0.25, -0.2) is 4.79 Å². The normalized spacial score (nSPS) is 11.4. The summed E-state index contributed by atoms with van der Waals surface area (Å²) in [4.78, 5) is 22.8. The highest BCUT2D eigenvalue weighted by atomic mass is 16.6. The van der Waals surface area contributed by atoms with Crippen LogP contribution >= 0.6 is 0 Å². The highest BCUT2D eigenvalue weighted by molar-refractivity contribution is 5.98. The Morgan fingerprint density at radius 1 is 1.48 bits per heavy atom. The largest absolute Gasteiger partial charge is 0.442 e. The minimum absolute atomic E-state index is 0.128. The van der Waals surface area contributed by atoms with E-state index in [0.717, 1.165) is 4.68 Å². The highest BCUT2D eigenvalue weighted by Gasteiger charge is 2.25. The number of hydrogen-bond acceptors (Lipinski definition) is 5. The van der Waals surface area contributed by atoms with Crippen LogP contribution in [0.1, 0.15) is 26.5 Å². The molecule has 1 aromatic heterocycles. The standard InChI is InChI=1S/C14H15N3O4/c1-5-9-12-10(7-6-8-11(12)17(19)20)16(15-9)13(18)21-14(2,3)4/h5-8H,1H2,2-4H3. The molecule has 0 atom stereocenters. The Kier molecular flexibility index (Phi) is 3.51. The van der Waals surface area contributed by atoms with Gasteiger partial charge in [-0.05, 0) is 32.9 Å². The van der Waals surface area contributed by atoms with E-state index < -0.39 is 16.6 Å². The SMILES string of the molecule is C=Cc1nn(C(=O)OC(C)(C)C)c2cccc([N+](=O)[O-])c12. The van der Waals surface area contributed by atoms with Crippen LogP contribution in [0, 0.1) is 10.1 Å². The monoisotopic (exact) mass is 289 g/mol. The van der Waals surface area contributed by atoms with E-state index in [1.165, 1.54) is 18.2 Å². The van der Waals surface area contributed by atoms with Crippen LogP contribution < -0.4 is 0 Å². The van der Waals surface area contributed by atoms with E-state index in [0.29, 0.717) is 5.52 Å². The second-order valence-corrected chi connectivity index (χ2v) is 5.41. The molecule has 0 aliphatic carbocycles. The van der Waals surface area contributed by atoms with Crippen molar-refractivity contribution in [3.8, 4) is 0 Å². The second-order valence-electron chi connectivity index (χ2n) is 5.41. The van der Waals surface area contributed by atoms with Crippen LogP contribution in [0.3, 0.4) is 0 Å². The first-order valence-electron chi connectivity index (χ1n) is 6.26. The van der Waals surface area contributed by atoms with Crippen molar-refractivity contribution in [2.45, 2.75) is 26.4 Å². The van der Waals surface area contributed by atoms with Crippen molar-refractivity contribution in [1.82, 2.24) is 9.78 Å². The van der Waals surface area contributed by atoms with Crippen LogP contribution in [0.4, 0.5) is 10.5 Å². The summed E-state index contributed by atoms with van der Waals surface area (Å²) in [5.41, 5.74) is -0.238. The maximum absolute atomic E-state index is 12.2. The van der Waals surface area contributed by atoms with Crippen molar-refractivity contribution >= 4 is 28.8 Å². The molecule has 2 aromatic rings. The molecule has 1 heterocycles. The molecule has 0 aliphatic heterocycles. The summed E-state index contributed by atoms with van der Waals surface area (Å²) in [6, 6.07) is 4.43. The van der Waals surface area contributed by atoms with Gasteiger partial charge >= 0.3 is 6.09 Å². The maximum atomic E-state index is 12.2. The fraction of sp³-hybridized carbons (Fsp3) is 0.286. The van der Waals surface area contributed by atoms with Crippen molar-refractivity contribution in [3.05, 3.63) is 40.6 Å². The lowest BCUT2D eigenvalue weighted by Gasteiger charge is -2.19. The number of fused-ring (bicyclic) bond motifs is 1. The lowest BCUT2D eigenvalue weighted by molar-refractivity contribution is -0.383. The molecular weight excluding hydrogens is 274 g/mol. The van der Waals surface area contributed by atoms with Gasteiger partial charge in [0.15, 0.2) is 0 Å². The molecule has 0 saturated heterocycles. The smallest absolute Gasteiger partial charge is 0.435 e. The number of benzene rings is 1. The van der Waals surface area contributed by atoms with E-state index in [4.69, 9.17) is 4.74 Å². The number of nitro benzene ring substituents is 1. The highest BCUT2D eigenvalue weighted by Crippen LogP contribution is 2.29. The minimum atomic E-state index is -0.693. The summed E-state index contributed by atoms with van der Waals surface area (Å²) >= 11 is 0. The molecule has 7 heteroatoms. The molecule has 1 aromatic carbocycles. The maximum Gasteiger partial charge on any atom is 0.435 e. The van der Waals surface area contributed by atoms with Crippen molar-refractivity contribution in [2.75, 3.05) is 0 Å². The predicted molar refractivity (Wildman–Crippen MR) is 78.1 cm³/mol. The predicted octanol–water partition coefficient (Wildman–Crippen LogP) is 3.37. The van der Waals surface area contributed by atoms with Gasteiger partial charge in [0.25, 0.3) is 5.69 Å². The van der Waals surface area contributed by atoms with Crippen LogP contribution in [0.2, 0.25) is 0 Å². The number of aromatic nitrogens is 2. The first-order chi connectivity index (χ1) is 9.74.